The van der Waals surface area contributed by atoms with Gasteiger partial charge in [-0.2, -0.15) is 5.10 Å². The van der Waals surface area contributed by atoms with Gasteiger partial charge in [0.05, 0.1) is 18.1 Å². The highest BCUT2D eigenvalue weighted by Crippen LogP contribution is 2.27. The summed E-state index contributed by atoms with van der Waals surface area (Å²) < 4.78 is 6.68. The first-order chi connectivity index (χ1) is 8.13. The van der Waals surface area contributed by atoms with E-state index < -0.39 is 4.92 Å². The van der Waals surface area contributed by atoms with Gasteiger partial charge in [0.2, 0.25) is 0 Å². The number of non-ortho nitro benzene ring substituents is 1. The van der Waals surface area contributed by atoms with Gasteiger partial charge in [0.25, 0.3) is 5.69 Å². The Kier molecular flexibility index (Phi) is 2.73. The second kappa shape index (κ2) is 4.20. The van der Waals surface area contributed by atoms with E-state index in [9.17, 15) is 10.1 Å². The highest BCUT2D eigenvalue weighted by atomic mass is 16.6. The van der Waals surface area contributed by atoms with E-state index >= 15 is 0 Å². The zero-order valence-electron chi connectivity index (χ0n) is 9.32. The minimum atomic E-state index is -0.472. The molecule has 17 heavy (non-hydrogen) atoms. The Bertz CT molecular complexity index is 564. The molecular formula is C10H10N4O3. The molecule has 7 heteroatoms. The van der Waals surface area contributed by atoms with Crippen molar-refractivity contribution in [2.24, 2.45) is 0 Å². The van der Waals surface area contributed by atoms with E-state index in [4.69, 9.17) is 4.74 Å². The number of benzene rings is 1. The number of aryl methyl sites for hydroxylation is 1. The van der Waals surface area contributed by atoms with Gasteiger partial charge in [-0.15, -0.1) is 0 Å². The van der Waals surface area contributed by atoms with E-state index in [0.29, 0.717) is 17.3 Å². The minimum absolute atomic E-state index is 0.0247. The monoisotopic (exact) mass is 234 g/mol. The third kappa shape index (κ3) is 1.94. The molecule has 2 aromatic rings. The fourth-order valence-corrected chi connectivity index (χ4v) is 1.49. The Balaban J connectivity index is 2.56. The predicted molar refractivity (Wildman–Crippen MR) is 59.3 cm³/mol. The maximum atomic E-state index is 10.6. The van der Waals surface area contributed by atoms with Crippen LogP contribution in [0.2, 0.25) is 0 Å². The van der Waals surface area contributed by atoms with Crippen molar-refractivity contribution >= 4 is 5.69 Å². The third-order valence-electron chi connectivity index (χ3n) is 2.32. The van der Waals surface area contributed by atoms with Crippen molar-refractivity contribution in [3.05, 3.63) is 40.5 Å². The zero-order chi connectivity index (χ0) is 12.4. The highest BCUT2D eigenvalue weighted by Gasteiger charge is 2.14. The van der Waals surface area contributed by atoms with Crippen LogP contribution >= 0.6 is 0 Å². The summed E-state index contributed by atoms with van der Waals surface area (Å²) >= 11 is 0. The van der Waals surface area contributed by atoms with Crippen molar-refractivity contribution in [3.8, 4) is 11.4 Å². The van der Waals surface area contributed by atoms with Gasteiger partial charge in [-0.05, 0) is 13.0 Å². The molecule has 0 spiro atoms. The molecule has 1 heterocycles. The smallest absolute Gasteiger partial charge is 0.273 e. The summed E-state index contributed by atoms with van der Waals surface area (Å²) in [6, 6.07) is 4.34. The van der Waals surface area contributed by atoms with Crippen molar-refractivity contribution in [2.75, 3.05) is 7.11 Å². The molecule has 0 bridgehead atoms. The van der Waals surface area contributed by atoms with Crippen molar-refractivity contribution in [1.29, 1.82) is 0 Å². The number of methoxy groups -OCH3 is 1. The maximum absolute atomic E-state index is 10.6. The lowest BCUT2D eigenvalue weighted by Crippen LogP contribution is -2.02. The van der Waals surface area contributed by atoms with E-state index in [1.54, 1.807) is 17.7 Å². The topological polar surface area (TPSA) is 83.1 Å². The second-order valence-electron chi connectivity index (χ2n) is 3.33. The van der Waals surface area contributed by atoms with Gasteiger partial charge in [-0.3, -0.25) is 10.1 Å². The number of aromatic nitrogens is 3. The van der Waals surface area contributed by atoms with E-state index in [1.807, 2.05) is 0 Å². The van der Waals surface area contributed by atoms with Crippen LogP contribution in [0.1, 0.15) is 5.82 Å². The average Bonchev–Trinajstić information content (AvgIpc) is 2.74. The summed E-state index contributed by atoms with van der Waals surface area (Å²) in [5.41, 5.74) is 0.594. The number of nitrogens with zero attached hydrogens (tertiary/aromatic N) is 4. The maximum Gasteiger partial charge on any atom is 0.273 e. The standard InChI is InChI=1S/C10H10N4O3/c1-7-11-6-12-13(7)9-4-3-8(14(15)16)5-10(9)17-2/h3-6H,1-2H3. The molecule has 1 aromatic heterocycles. The van der Waals surface area contributed by atoms with Crippen LogP contribution in [0.15, 0.2) is 24.5 Å². The molecule has 0 atom stereocenters. The molecule has 0 unspecified atom stereocenters. The quantitative estimate of drug-likeness (QED) is 0.593. The lowest BCUT2D eigenvalue weighted by Gasteiger charge is -2.08. The van der Waals surface area contributed by atoms with Gasteiger partial charge >= 0.3 is 0 Å². The molecule has 1 aromatic carbocycles. The molecular weight excluding hydrogens is 224 g/mol. The van der Waals surface area contributed by atoms with E-state index in [-0.39, 0.29) is 5.69 Å². The molecule has 0 saturated carbocycles. The van der Waals surface area contributed by atoms with Gasteiger partial charge in [0.1, 0.15) is 17.8 Å². The summed E-state index contributed by atoms with van der Waals surface area (Å²) in [6.45, 7) is 1.79. The average molecular weight is 234 g/mol. The largest absolute Gasteiger partial charge is 0.494 e. The molecule has 0 saturated heterocycles. The number of ether oxygens (including phenoxy) is 1. The Morgan fingerprint density at radius 3 is 2.76 bits per heavy atom. The third-order valence-corrected chi connectivity index (χ3v) is 2.32. The van der Waals surface area contributed by atoms with Crippen molar-refractivity contribution in [3.63, 3.8) is 0 Å². The van der Waals surface area contributed by atoms with Crippen molar-refractivity contribution < 1.29 is 9.66 Å². The van der Waals surface area contributed by atoms with Crippen LogP contribution < -0.4 is 4.74 Å². The van der Waals surface area contributed by atoms with Gasteiger partial charge < -0.3 is 4.74 Å². The Labute approximate surface area is 96.8 Å². The van der Waals surface area contributed by atoms with E-state index in [1.165, 1.54) is 25.6 Å². The first kappa shape index (κ1) is 11.1. The minimum Gasteiger partial charge on any atom is -0.494 e. The predicted octanol–water partition coefficient (Wildman–Crippen LogP) is 1.49. The van der Waals surface area contributed by atoms with Gasteiger partial charge in [-0.1, -0.05) is 0 Å². The fourth-order valence-electron chi connectivity index (χ4n) is 1.49. The molecule has 0 amide bonds. The van der Waals surface area contributed by atoms with E-state index in [0.717, 1.165) is 0 Å². The Morgan fingerprint density at radius 2 is 2.24 bits per heavy atom. The first-order valence-electron chi connectivity index (χ1n) is 4.83. The number of rotatable bonds is 3. The van der Waals surface area contributed by atoms with Crippen LogP contribution in [0.5, 0.6) is 5.75 Å². The molecule has 88 valence electrons. The number of nitro benzene ring substituents is 1. The Hall–Kier alpha value is -2.44. The van der Waals surface area contributed by atoms with Crippen molar-refractivity contribution in [1.82, 2.24) is 14.8 Å². The van der Waals surface area contributed by atoms with Crippen molar-refractivity contribution in [2.45, 2.75) is 6.92 Å². The molecule has 0 aliphatic heterocycles. The summed E-state index contributed by atoms with van der Waals surface area (Å²) in [6.07, 6.45) is 1.41. The molecule has 7 nitrogen and oxygen atoms in total. The van der Waals surface area contributed by atoms with Crippen LogP contribution in [-0.4, -0.2) is 26.8 Å². The van der Waals surface area contributed by atoms with Crippen LogP contribution in [0.3, 0.4) is 0 Å². The molecule has 2 rings (SSSR count). The number of hydrogen-bond acceptors (Lipinski definition) is 5. The van der Waals surface area contributed by atoms with Crippen LogP contribution in [-0.2, 0) is 0 Å². The molecule has 0 aliphatic rings. The normalized spacial score (nSPS) is 10.2. The summed E-state index contributed by atoms with van der Waals surface area (Å²) in [7, 11) is 1.45. The van der Waals surface area contributed by atoms with Gasteiger partial charge in [0.15, 0.2) is 5.75 Å². The zero-order valence-corrected chi connectivity index (χ0v) is 9.32. The molecule has 0 N–H and O–H groups in total. The molecule has 0 radical (unpaired) electrons. The lowest BCUT2D eigenvalue weighted by atomic mass is 10.2. The second-order valence-corrected chi connectivity index (χ2v) is 3.33. The summed E-state index contributed by atoms with van der Waals surface area (Å²) in [5.74, 6) is 1.06. The summed E-state index contributed by atoms with van der Waals surface area (Å²) in [5, 5.41) is 14.7. The van der Waals surface area contributed by atoms with Crippen LogP contribution in [0.25, 0.3) is 5.69 Å². The molecule has 0 fully saturated rings. The van der Waals surface area contributed by atoms with Crippen LogP contribution in [0, 0.1) is 17.0 Å². The first-order valence-corrected chi connectivity index (χ1v) is 4.83. The SMILES string of the molecule is COc1cc([N+](=O)[O-])ccc1-n1ncnc1C. The molecule has 0 aliphatic carbocycles. The highest BCUT2D eigenvalue weighted by molar-refractivity contribution is 5.53. The Morgan fingerprint density at radius 1 is 1.47 bits per heavy atom. The van der Waals surface area contributed by atoms with Crippen LogP contribution in [0.4, 0.5) is 5.69 Å². The number of hydrogen-bond donors (Lipinski definition) is 0. The van der Waals surface area contributed by atoms with E-state index in [2.05, 4.69) is 10.1 Å². The lowest BCUT2D eigenvalue weighted by molar-refractivity contribution is -0.384. The summed E-state index contributed by atoms with van der Waals surface area (Å²) in [4.78, 5) is 14.2. The fraction of sp³-hybridized carbons (Fsp3) is 0.200. The number of nitro groups is 1. The van der Waals surface area contributed by atoms with Gasteiger partial charge in [-0.25, -0.2) is 9.67 Å². The van der Waals surface area contributed by atoms with Gasteiger partial charge in [0, 0.05) is 6.07 Å².